The zero-order valence-corrected chi connectivity index (χ0v) is 21.5. The summed E-state index contributed by atoms with van der Waals surface area (Å²) in [5, 5.41) is 23.6. The second kappa shape index (κ2) is 11.5. The average Bonchev–Trinajstić information content (AvgIpc) is 2.84. The molecule has 0 heterocycles. The fraction of sp³-hybridized carbons (Fsp3) is 0.0400. The average molecular weight is 584 g/mol. The van der Waals surface area contributed by atoms with E-state index in [-0.39, 0.29) is 37.8 Å². The molecule has 0 radical (unpaired) electrons. The molecule has 0 saturated heterocycles. The van der Waals surface area contributed by atoms with Gasteiger partial charge in [0.1, 0.15) is 16.5 Å². The Morgan fingerprint density at radius 1 is 1.03 bits per heavy atom. The Morgan fingerprint density at radius 2 is 1.70 bits per heavy atom. The third-order valence-corrected chi connectivity index (χ3v) is 6.57. The van der Waals surface area contributed by atoms with Crippen LogP contribution < -0.4 is 14.8 Å². The van der Waals surface area contributed by atoms with E-state index in [4.69, 9.17) is 4.18 Å². The molecule has 3 aromatic rings. The van der Waals surface area contributed by atoms with Crippen LogP contribution in [0.5, 0.6) is 5.75 Å². The molecule has 0 bridgehead atoms. The van der Waals surface area contributed by atoms with Gasteiger partial charge in [0.05, 0.1) is 15.7 Å². The van der Waals surface area contributed by atoms with Crippen LogP contribution in [-0.2, 0) is 19.7 Å². The Hall–Kier alpha value is -4.47. The number of aromatic carboxylic acids is 1. The minimum atomic E-state index is -4.20. The van der Waals surface area contributed by atoms with E-state index in [0.717, 1.165) is 0 Å². The number of amides is 2. The lowest BCUT2D eigenvalue weighted by atomic mass is 10.1. The predicted molar refractivity (Wildman–Crippen MR) is 138 cm³/mol. The summed E-state index contributed by atoms with van der Waals surface area (Å²) in [4.78, 5) is 34.9. The zero-order chi connectivity index (χ0) is 27.2. The number of carboxylic acid groups (broad SMARTS) is 1. The maximum Gasteiger partial charge on any atom is 0.339 e. The molecule has 0 fully saturated rings. The number of carboxylic acids is 1. The van der Waals surface area contributed by atoms with Crippen LogP contribution in [0.25, 0.3) is 6.08 Å². The van der Waals surface area contributed by atoms with Gasteiger partial charge in [-0.1, -0.05) is 18.2 Å². The molecule has 0 atom stereocenters. The van der Waals surface area contributed by atoms with Gasteiger partial charge in [0, 0.05) is 12.6 Å². The molecule has 188 valence electrons. The number of halogens is 1. The summed E-state index contributed by atoms with van der Waals surface area (Å²) in [6.07, 6.45) is 1.25. The molecule has 2 amide bonds. The van der Waals surface area contributed by atoms with Crippen molar-refractivity contribution in [2.24, 2.45) is 0 Å². The van der Waals surface area contributed by atoms with Gasteiger partial charge in [-0.2, -0.15) is 13.7 Å². The number of carbonyl (C=O) groups excluding carboxylic acids is 2. The highest BCUT2D eigenvalue weighted by Gasteiger charge is 2.19. The van der Waals surface area contributed by atoms with Gasteiger partial charge in [-0.3, -0.25) is 9.59 Å². The van der Waals surface area contributed by atoms with Gasteiger partial charge in [-0.15, -0.1) is 0 Å². The highest BCUT2D eigenvalue weighted by molar-refractivity contribution is 9.10. The number of para-hydroxylation sites is 1. The van der Waals surface area contributed by atoms with E-state index in [2.05, 4.69) is 26.6 Å². The Balaban J connectivity index is 1.79. The Morgan fingerprint density at radius 3 is 2.30 bits per heavy atom. The molecule has 0 aliphatic heterocycles. The van der Waals surface area contributed by atoms with Crippen LogP contribution in [0.15, 0.2) is 81.7 Å². The lowest BCUT2D eigenvalue weighted by molar-refractivity contribution is -0.114. The molecule has 10 nitrogen and oxygen atoms in total. The summed E-state index contributed by atoms with van der Waals surface area (Å²) in [6, 6.07) is 17.1. The fourth-order valence-corrected chi connectivity index (χ4v) is 4.56. The first-order valence-electron chi connectivity index (χ1n) is 10.4. The van der Waals surface area contributed by atoms with E-state index in [1.54, 1.807) is 12.1 Å². The first-order chi connectivity index (χ1) is 17.5. The van der Waals surface area contributed by atoms with Crippen molar-refractivity contribution in [3.05, 3.63) is 87.9 Å². The molecule has 0 spiro atoms. The van der Waals surface area contributed by atoms with Crippen LogP contribution in [-0.4, -0.2) is 31.3 Å². The van der Waals surface area contributed by atoms with Crippen LogP contribution in [0.2, 0.25) is 0 Å². The SMILES string of the molecule is CC(=O)Nc1ccc(S(=O)(=O)Oc2ccc(/C=C(\C#N)C(=O)Nc3ccccc3C(=O)O)cc2Br)cc1. The van der Waals surface area contributed by atoms with E-state index >= 15 is 0 Å². The van der Waals surface area contributed by atoms with Crippen molar-refractivity contribution in [1.29, 1.82) is 5.26 Å². The van der Waals surface area contributed by atoms with Crippen LogP contribution in [0.1, 0.15) is 22.8 Å². The molecule has 3 aromatic carbocycles. The van der Waals surface area contributed by atoms with Crippen molar-refractivity contribution < 1.29 is 32.1 Å². The number of nitrogens with one attached hydrogen (secondary N) is 2. The van der Waals surface area contributed by atoms with E-state index in [0.29, 0.717) is 11.3 Å². The molecule has 0 aliphatic carbocycles. The number of nitrogens with zero attached hydrogens (tertiary/aromatic N) is 1. The summed E-state index contributed by atoms with van der Waals surface area (Å²) in [5.74, 6) is -2.40. The van der Waals surface area contributed by atoms with E-state index in [1.807, 2.05) is 0 Å². The Bertz CT molecular complexity index is 1560. The molecule has 3 N–H and O–H groups in total. The normalized spacial score (nSPS) is 11.2. The fourth-order valence-electron chi connectivity index (χ4n) is 3.03. The summed E-state index contributed by atoms with van der Waals surface area (Å²) < 4.78 is 30.7. The van der Waals surface area contributed by atoms with Gasteiger partial charge in [0.25, 0.3) is 5.91 Å². The second-order valence-electron chi connectivity index (χ2n) is 7.41. The lowest BCUT2D eigenvalue weighted by Gasteiger charge is -2.10. The van der Waals surface area contributed by atoms with Crippen molar-refractivity contribution in [2.45, 2.75) is 11.8 Å². The van der Waals surface area contributed by atoms with Crippen LogP contribution in [0, 0.1) is 11.3 Å². The van der Waals surface area contributed by atoms with Crippen molar-refractivity contribution in [2.75, 3.05) is 10.6 Å². The minimum Gasteiger partial charge on any atom is -0.478 e. The predicted octanol–water partition coefficient (Wildman–Crippen LogP) is 4.42. The van der Waals surface area contributed by atoms with E-state index in [9.17, 15) is 33.2 Å². The number of anilines is 2. The van der Waals surface area contributed by atoms with Crippen molar-refractivity contribution in [1.82, 2.24) is 0 Å². The molecular formula is C25H18BrN3O7S. The smallest absolute Gasteiger partial charge is 0.339 e. The van der Waals surface area contributed by atoms with Crippen molar-refractivity contribution in [3.8, 4) is 11.8 Å². The Kier molecular flexibility index (Phi) is 8.44. The van der Waals surface area contributed by atoms with Gasteiger partial charge in [0.15, 0.2) is 5.75 Å². The molecule has 0 aliphatic rings. The largest absolute Gasteiger partial charge is 0.478 e. The van der Waals surface area contributed by atoms with Crippen molar-refractivity contribution >= 4 is 61.3 Å². The van der Waals surface area contributed by atoms with E-state index < -0.39 is 22.0 Å². The number of carbonyl (C=O) groups is 3. The Labute approximate surface area is 220 Å². The molecule has 12 heteroatoms. The number of rotatable bonds is 8. The van der Waals surface area contributed by atoms with Gasteiger partial charge < -0.3 is 19.9 Å². The first-order valence-corrected chi connectivity index (χ1v) is 12.6. The second-order valence-corrected chi connectivity index (χ2v) is 9.81. The molecule has 0 unspecified atom stereocenters. The summed E-state index contributed by atoms with van der Waals surface area (Å²) >= 11 is 3.22. The standard InChI is InChI=1S/C25H18BrN3O7S/c1-15(30)28-18-7-9-19(10-8-18)37(34,35)36-23-11-6-16(13-21(23)26)12-17(14-27)24(31)29-22-5-3-2-4-20(22)25(32)33/h2-13H,1H3,(H,28,30)(H,29,31)(H,32,33)/b17-12+. The summed E-state index contributed by atoms with van der Waals surface area (Å²) in [7, 11) is -4.20. The van der Waals surface area contributed by atoms with Gasteiger partial charge in [-0.25, -0.2) is 4.79 Å². The van der Waals surface area contributed by atoms with Crippen LogP contribution in [0.4, 0.5) is 11.4 Å². The van der Waals surface area contributed by atoms with Gasteiger partial charge in [-0.05, 0) is 76.1 Å². The number of benzene rings is 3. The molecule has 3 rings (SSSR count). The number of hydrogen-bond acceptors (Lipinski definition) is 7. The van der Waals surface area contributed by atoms with Crippen molar-refractivity contribution in [3.63, 3.8) is 0 Å². The molecule has 0 aromatic heterocycles. The van der Waals surface area contributed by atoms with E-state index in [1.165, 1.54) is 73.7 Å². The molecule has 0 saturated carbocycles. The molecule has 37 heavy (non-hydrogen) atoms. The van der Waals surface area contributed by atoms with Gasteiger partial charge in [0.2, 0.25) is 5.91 Å². The highest BCUT2D eigenvalue weighted by atomic mass is 79.9. The molecular weight excluding hydrogens is 566 g/mol. The highest BCUT2D eigenvalue weighted by Crippen LogP contribution is 2.30. The first kappa shape index (κ1) is 27.1. The zero-order valence-electron chi connectivity index (χ0n) is 19.1. The van der Waals surface area contributed by atoms with Gasteiger partial charge >= 0.3 is 16.1 Å². The minimum absolute atomic E-state index is 0.0291. The summed E-state index contributed by atoms with van der Waals surface area (Å²) in [5.41, 5.74) is 0.374. The number of nitriles is 1. The maximum absolute atomic E-state index is 12.7. The maximum atomic E-state index is 12.7. The topological polar surface area (TPSA) is 163 Å². The van der Waals surface area contributed by atoms with Crippen LogP contribution >= 0.6 is 15.9 Å². The third-order valence-electron chi connectivity index (χ3n) is 4.70. The quantitative estimate of drug-likeness (QED) is 0.199. The summed E-state index contributed by atoms with van der Waals surface area (Å²) in [6.45, 7) is 1.33. The number of hydrogen-bond donors (Lipinski definition) is 3. The third kappa shape index (κ3) is 7.03. The monoisotopic (exact) mass is 583 g/mol. The van der Waals surface area contributed by atoms with Crippen LogP contribution in [0.3, 0.4) is 0 Å². The lowest BCUT2D eigenvalue weighted by Crippen LogP contribution is -2.16.